The molecule has 0 amide bonds. The molecule has 0 fully saturated rings. The van der Waals surface area contributed by atoms with Gasteiger partial charge in [0.15, 0.2) is 0 Å². The van der Waals surface area contributed by atoms with E-state index in [1.165, 1.54) is 5.56 Å². The standard InChI is InChI=1S/C16H25NO2/c1-12(2)11-19-10-4-9-17-15-8-7-14-13(15)5-3-6-16(14)18/h3,5-6,12,15,17-18H,4,7-11H2,1-2H3. The van der Waals surface area contributed by atoms with Gasteiger partial charge in [-0.3, -0.25) is 0 Å². The van der Waals surface area contributed by atoms with Gasteiger partial charge in [0.2, 0.25) is 0 Å². The van der Waals surface area contributed by atoms with Crippen LogP contribution >= 0.6 is 0 Å². The molecule has 0 bridgehead atoms. The Morgan fingerprint density at radius 2 is 2.26 bits per heavy atom. The predicted octanol–water partition coefficient (Wildman–Crippen LogP) is 3.03. The average Bonchev–Trinajstić information content (AvgIpc) is 2.78. The lowest BCUT2D eigenvalue weighted by Crippen LogP contribution is -2.21. The van der Waals surface area contributed by atoms with Gasteiger partial charge in [-0.1, -0.05) is 26.0 Å². The third kappa shape index (κ3) is 3.95. The minimum absolute atomic E-state index is 0.396. The van der Waals surface area contributed by atoms with E-state index < -0.39 is 0 Å². The molecule has 1 unspecified atom stereocenters. The molecule has 19 heavy (non-hydrogen) atoms. The molecule has 3 nitrogen and oxygen atoms in total. The number of aromatic hydroxyl groups is 1. The van der Waals surface area contributed by atoms with Gasteiger partial charge in [0, 0.05) is 19.3 Å². The monoisotopic (exact) mass is 263 g/mol. The number of benzene rings is 1. The summed E-state index contributed by atoms with van der Waals surface area (Å²) in [5.74, 6) is 1.06. The minimum Gasteiger partial charge on any atom is -0.508 e. The van der Waals surface area contributed by atoms with Crippen molar-refractivity contribution in [3.8, 4) is 5.75 Å². The zero-order valence-corrected chi connectivity index (χ0v) is 12.0. The molecule has 0 spiro atoms. The summed E-state index contributed by atoms with van der Waals surface area (Å²) in [6.07, 6.45) is 3.10. The molecule has 1 aliphatic rings. The van der Waals surface area contributed by atoms with E-state index >= 15 is 0 Å². The van der Waals surface area contributed by atoms with Crippen molar-refractivity contribution in [2.75, 3.05) is 19.8 Å². The number of phenolic OH excluding ortho intramolecular Hbond substituents is 1. The van der Waals surface area contributed by atoms with Crippen molar-refractivity contribution >= 4 is 0 Å². The van der Waals surface area contributed by atoms with Crippen LogP contribution in [0, 0.1) is 5.92 Å². The molecular formula is C16H25NO2. The fourth-order valence-corrected chi connectivity index (χ4v) is 2.62. The second kappa shape index (κ2) is 6.92. The molecule has 0 saturated carbocycles. The molecule has 0 radical (unpaired) electrons. The van der Waals surface area contributed by atoms with Gasteiger partial charge < -0.3 is 15.2 Å². The van der Waals surface area contributed by atoms with Crippen molar-refractivity contribution < 1.29 is 9.84 Å². The Hall–Kier alpha value is -1.06. The van der Waals surface area contributed by atoms with Crippen LogP contribution in [0.1, 0.15) is 43.9 Å². The van der Waals surface area contributed by atoms with Crippen molar-refractivity contribution in [1.29, 1.82) is 0 Å². The highest BCUT2D eigenvalue weighted by atomic mass is 16.5. The second-order valence-corrected chi connectivity index (χ2v) is 5.71. The van der Waals surface area contributed by atoms with Gasteiger partial charge in [-0.2, -0.15) is 0 Å². The largest absolute Gasteiger partial charge is 0.508 e. The number of fused-ring (bicyclic) bond motifs is 1. The Labute approximate surface area is 116 Å². The number of hydrogen-bond acceptors (Lipinski definition) is 3. The van der Waals surface area contributed by atoms with Gasteiger partial charge >= 0.3 is 0 Å². The van der Waals surface area contributed by atoms with Crippen LogP contribution in [0.5, 0.6) is 5.75 Å². The summed E-state index contributed by atoms with van der Waals surface area (Å²) in [6.45, 7) is 6.98. The summed E-state index contributed by atoms with van der Waals surface area (Å²) in [4.78, 5) is 0. The molecule has 0 heterocycles. The molecule has 1 atom stereocenters. The van der Waals surface area contributed by atoms with E-state index in [1.54, 1.807) is 6.07 Å². The van der Waals surface area contributed by atoms with Crippen molar-refractivity contribution in [3.05, 3.63) is 29.3 Å². The van der Waals surface area contributed by atoms with Gasteiger partial charge in [0.05, 0.1) is 0 Å². The van der Waals surface area contributed by atoms with Crippen LogP contribution in [0.15, 0.2) is 18.2 Å². The van der Waals surface area contributed by atoms with E-state index in [4.69, 9.17) is 4.74 Å². The minimum atomic E-state index is 0.396. The quantitative estimate of drug-likeness (QED) is 0.743. The van der Waals surface area contributed by atoms with Crippen LogP contribution in [0.3, 0.4) is 0 Å². The number of nitrogens with one attached hydrogen (secondary N) is 1. The Balaban J connectivity index is 1.70. The van der Waals surface area contributed by atoms with E-state index in [2.05, 4.69) is 25.2 Å². The maximum atomic E-state index is 9.79. The van der Waals surface area contributed by atoms with Gasteiger partial charge in [0.25, 0.3) is 0 Å². The van der Waals surface area contributed by atoms with E-state index in [0.29, 0.717) is 17.7 Å². The number of hydrogen-bond donors (Lipinski definition) is 2. The van der Waals surface area contributed by atoms with Crippen LogP contribution in [0.4, 0.5) is 0 Å². The van der Waals surface area contributed by atoms with E-state index in [0.717, 1.165) is 44.6 Å². The molecule has 3 heteroatoms. The Morgan fingerprint density at radius 1 is 1.42 bits per heavy atom. The van der Waals surface area contributed by atoms with E-state index in [-0.39, 0.29) is 0 Å². The predicted molar refractivity (Wildman–Crippen MR) is 77.4 cm³/mol. The van der Waals surface area contributed by atoms with Crippen molar-refractivity contribution in [1.82, 2.24) is 5.32 Å². The average molecular weight is 263 g/mol. The van der Waals surface area contributed by atoms with Gasteiger partial charge in [-0.05, 0) is 48.9 Å². The number of ether oxygens (including phenoxy) is 1. The zero-order chi connectivity index (χ0) is 13.7. The van der Waals surface area contributed by atoms with Crippen molar-refractivity contribution in [2.45, 2.75) is 39.2 Å². The second-order valence-electron chi connectivity index (χ2n) is 5.71. The molecule has 1 aromatic carbocycles. The van der Waals surface area contributed by atoms with Gasteiger partial charge in [-0.25, -0.2) is 0 Å². The summed E-state index contributed by atoms with van der Waals surface area (Å²) >= 11 is 0. The van der Waals surface area contributed by atoms with Crippen LogP contribution in [0.25, 0.3) is 0 Å². The van der Waals surface area contributed by atoms with Crippen LogP contribution in [-0.4, -0.2) is 24.9 Å². The molecule has 1 aliphatic carbocycles. The molecule has 106 valence electrons. The topological polar surface area (TPSA) is 41.5 Å². The molecule has 0 aliphatic heterocycles. The zero-order valence-electron chi connectivity index (χ0n) is 12.0. The number of rotatable bonds is 7. The summed E-state index contributed by atoms with van der Waals surface area (Å²) < 4.78 is 5.57. The first-order valence-corrected chi connectivity index (χ1v) is 7.30. The first-order chi connectivity index (χ1) is 9.18. The van der Waals surface area contributed by atoms with Gasteiger partial charge in [0.1, 0.15) is 5.75 Å². The first-order valence-electron chi connectivity index (χ1n) is 7.30. The maximum absolute atomic E-state index is 9.79. The van der Waals surface area contributed by atoms with E-state index in [1.807, 2.05) is 6.07 Å². The summed E-state index contributed by atoms with van der Waals surface area (Å²) in [6, 6.07) is 6.22. The fourth-order valence-electron chi connectivity index (χ4n) is 2.62. The highest BCUT2D eigenvalue weighted by Crippen LogP contribution is 2.36. The van der Waals surface area contributed by atoms with Crippen LogP contribution in [0.2, 0.25) is 0 Å². The fraction of sp³-hybridized carbons (Fsp3) is 0.625. The lowest BCUT2D eigenvalue weighted by atomic mass is 10.1. The highest BCUT2D eigenvalue weighted by Gasteiger charge is 2.23. The SMILES string of the molecule is CC(C)COCCCNC1CCc2c(O)cccc21. The summed E-state index contributed by atoms with van der Waals surface area (Å²) in [5.41, 5.74) is 2.39. The summed E-state index contributed by atoms with van der Waals surface area (Å²) in [7, 11) is 0. The van der Waals surface area contributed by atoms with Gasteiger partial charge in [-0.15, -0.1) is 0 Å². The van der Waals surface area contributed by atoms with Crippen molar-refractivity contribution in [3.63, 3.8) is 0 Å². The Morgan fingerprint density at radius 3 is 3.05 bits per heavy atom. The molecule has 2 N–H and O–H groups in total. The molecule has 2 rings (SSSR count). The Kier molecular flexibility index (Phi) is 5.23. The smallest absolute Gasteiger partial charge is 0.119 e. The van der Waals surface area contributed by atoms with Crippen LogP contribution in [-0.2, 0) is 11.2 Å². The number of phenols is 1. The van der Waals surface area contributed by atoms with E-state index in [9.17, 15) is 5.11 Å². The van der Waals surface area contributed by atoms with Crippen LogP contribution < -0.4 is 5.32 Å². The first kappa shape index (κ1) is 14.4. The normalized spacial score (nSPS) is 17.9. The molecule has 0 aromatic heterocycles. The maximum Gasteiger partial charge on any atom is 0.119 e. The third-order valence-electron chi connectivity index (χ3n) is 3.55. The lowest BCUT2D eigenvalue weighted by Gasteiger charge is -2.14. The molecule has 1 aromatic rings. The van der Waals surface area contributed by atoms with Crippen molar-refractivity contribution in [2.24, 2.45) is 5.92 Å². The highest BCUT2D eigenvalue weighted by molar-refractivity contribution is 5.44. The third-order valence-corrected chi connectivity index (χ3v) is 3.55. The Bertz CT molecular complexity index is 404. The molecule has 0 saturated heterocycles. The molecular weight excluding hydrogens is 238 g/mol. The lowest BCUT2D eigenvalue weighted by molar-refractivity contribution is 0.107. The summed E-state index contributed by atoms with van der Waals surface area (Å²) in [5, 5.41) is 13.4.